The first-order valence-electron chi connectivity index (χ1n) is 8.83. The van der Waals surface area contributed by atoms with E-state index < -0.39 is 0 Å². The molecule has 0 spiro atoms. The molecule has 1 aliphatic carbocycles. The Labute approximate surface area is 146 Å². The number of amides is 2. The van der Waals surface area contributed by atoms with Crippen LogP contribution in [-0.4, -0.2) is 29.6 Å². The van der Waals surface area contributed by atoms with Crippen LogP contribution in [0.15, 0.2) is 40.9 Å². The predicted octanol–water partition coefficient (Wildman–Crippen LogP) is 2.87. The number of para-hydroxylation sites is 1. The fraction of sp³-hybridized carbons (Fsp3) is 0.421. The summed E-state index contributed by atoms with van der Waals surface area (Å²) in [5.41, 5.74) is 1.73. The minimum Gasteiger partial charge on any atom is -0.351 e. The molecule has 0 radical (unpaired) electrons. The molecule has 2 amide bonds. The lowest BCUT2D eigenvalue weighted by molar-refractivity contribution is -0.117. The Kier molecular flexibility index (Phi) is 4.26. The van der Waals surface area contributed by atoms with Gasteiger partial charge in [-0.25, -0.2) is 0 Å². The lowest BCUT2D eigenvalue weighted by Crippen LogP contribution is -2.37. The molecule has 1 saturated heterocycles. The molecule has 4 rings (SSSR count). The summed E-state index contributed by atoms with van der Waals surface area (Å²) >= 11 is 0. The van der Waals surface area contributed by atoms with Crippen LogP contribution in [0, 0.1) is 0 Å². The molecule has 1 saturated carbocycles. The summed E-state index contributed by atoms with van der Waals surface area (Å²) in [6.07, 6.45) is 4.93. The van der Waals surface area contributed by atoms with Crippen LogP contribution in [0.5, 0.6) is 0 Å². The van der Waals surface area contributed by atoms with E-state index in [0.717, 1.165) is 24.2 Å². The minimum atomic E-state index is -0.301. The number of carbonyl (C=O) groups excluding carboxylic acids is 2. The van der Waals surface area contributed by atoms with Crippen LogP contribution < -0.4 is 10.2 Å². The summed E-state index contributed by atoms with van der Waals surface area (Å²) in [6.45, 7) is 0.470. The van der Waals surface area contributed by atoms with Crippen LogP contribution in [0.4, 0.5) is 5.69 Å². The summed E-state index contributed by atoms with van der Waals surface area (Å²) in [7, 11) is 0. The van der Waals surface area contributed by atoms with Crippen LogP contribution in [0.1, 0.15) is 54.3 Å². The topological polar surface area (TPSA) is 75.4 Å². The van der Waals surface area contributed by atoms with Gasteiger partial charge in [0.1, 0.15) is 0 Å². The fourth-order valence-corrected chi connectivity index (χ4v) is 3.73. The van der Waals surface area contributed by atoms with Gasteiger partial charge in [-0.05, 0) is 25.0 Å². The molecule has 2 fully saturated rings. The van der Waals surface area contributed by atoms with Gasteiger partial charge >= 0.3 is 0 Å². The van der Waals surface area contributed by atoms with Gasteiger partial charge in [-0.3, -0.25) is 9.59 Å². The van der Waals surface area contributed by atoms with E-state index in [1.165, 1.54) is 12.8 Å². The van der Waals surface area contributed by atoms with Gasteiger partial charge in [-0.1, -0.05) is 36.2 Å². The molecule has 2 aliphatic rings. The van der Waals surface area contributed by atoms with Gasteiger partial charge in [-0.2, -0.15) is 0 Å². The maximum atomic E-state index is 12.4. The van der Waals surface area contributed by atoms with E-state index in [-0.39, 0.29) is 23.6 Å². The molecule has 1 N–H and O–H groups in total. The second kappa shape index (κ2) is 6.70. The number of hydrogen-bond donors (Lipinski definition) is 1. The number of rotatable bonds is 4. The first kappa shape index (κ1) is 15.9. The summed E-state index contributed by atoms with van der Waals surface area (Å²) in [5.74, 6) is 0.351. The smallest absolute Gasteiger partial charge is 0.290 e. The molecule has 2 heterocycles. The average molecular weight is 339 g/mol. The lowest BCUT2D eigenvalue weighted by atomic mass is 10.0. The number of nitrogens with zero attached hydrogens (tertiary/aromatic N) is 2. The van der Waals surface area contributed by atoms with E-state index in [1.807, 2.05) is 30.3 Å². The van der Waals surface area contributed by atoms with Gasteiger partial charge in [0, 0.05) is 30.6 Å². The Morgan fingerprint density at radius 2 is 1.96 bits per heavy atom. The van der Waals surface area contributed by atoms with E-state index >= 15 is 0 Å². The highest BCUT2D eigenvalue weighted by atomic mass is 16.5. The average Bonchev–Trinajstić information content (AvgIpc) is 3.36. The SMILES string of the molecule is O=C(N[C@@H]1CC(=O)N(c2ccccc2)C1)c1cc(C2CCCC2)no1. The first-order valence-corrected chi connectivity index (χ1v) is 8.83. The molecular formula is C19H21N3O3. The molecule has 1 aliphatic heterocycles. The molecule has 1 aromatic carbocycles. The third kappa shape index (κ3) is 3.29. The van der Waals surface area contributed by atoms with E-state index in [2.05, 4.69) is 10.5 Å². The van der Waals surface area contributed by atoms with Gasteiger partial charge < -0.3 is 14.7 Å². The zero-order valence-electron chi connectivity index (χ0n) is 14.0. The van der Waals surface area contributed by atoms with Crippen molar-refractivity contribution in [1.29, 1.82) is 0 Å². The molecule has 1 aromatic heterocycles. The van der Waals surface area contributed by atoms with E-state index in [1.54, 1.807) is 11.0 Å². The fourth-order valence-electron chi connectivity index (χ4n) is 3.73. The Morgan fingerprint density at radius 3 is 2.72 bits per heavy atom. The number of carbonyl (C=O) groups is 2. The van der Waals surface area contributed by atoms with Crippen molar-refractivity contribution in [3.8, 4) is 0 Å². The number of benzene rings is 1. The molecule has 0 unspecified atom stereocenters. The molecule has 2 aromatic rings. The van der Waals surface area contributed by atoms with Crippen molar-refractivity contribution < 1.29 is 14.1 Å². The van der Waals surface area contributed by atoms with E-state index in [4.69, 9.17) is 4.52 Å². The van der Waals surface area contributed by atoms with Crippen molar-refractivity contribution in [2.24, 2.45) is 0 Å². The summed E-state index contributed by atoms with van der Waals surface area (Å²) in [5, 5.41) is 6.95. The molecule has 6 heteroatoms. The van der Waals surface area contributed by atoms with Crippen LogP contribution in [0.2, 0.25) is 0 Å². The molecule has 1 atom stereocenters. The minimum absolute atomic E-state index is 0.0146. The second-order valence-corrected chi connectivity index (χ2v) is 6.81. The number of hydrogen-bond acceptors (Lipinski definition) is 4. The summed E-state index contributed by atoms with van der Waals surface area (Å²) in [4.78, 5) is 26.3. The van der Waals surface area contributed by atoms with Crippen molar-refractivity contribution in [1.82, 2.24) is 10.5 Å². The van der Waals surface area contributed by atoms with Crippen LogP contribution in [0.3, 0.4) is 0 Å². The van der Waals surface area contributed by atoms with Crippen molar-refractivity contribution in [2.45, 2.75) is 44.1 Å². The molecule has 6 nitrogen and oxygen atoms in total. The van der Waals surface area contributed by atoms with Crippen molar-refractivity contribution >= 4 is 17.5 Å². The van der Waals surface area contributed by atoms with E-state index in [0.29, 0.717) is 18.9 Å². The maximum Gasteiger partial charge on any atom is 0.290 e. The molecule has 0 bridgehead atoms. The predicted molar refractivity (Wildman–Crippen MR) is 92.4 cm³/mol. The highest BCUT2D eigenvalue weighted by molar-refractivity contribution is 5.98. The third-order valence-corrected chi connectivity index (χ3v) is 5.05. The maximum absolute atomic E-state index is 12.4. The van der Waals surface area contributed by atoms with Gasteiger partial charge in [-0.15, -0.1) is 0 Å². The number of aromatic nitrogens is 1. The zero-order chi connectivity index (χ0) is 17.2. The molecular weight excluding hydrogens is 318 g/mol. The molecule has 130 valence electrons. The number of anilines is 1. The van der Waals surface area contributed by atoms with Crippen LogP contribution >= 0.6 is 0 Å². The Bertz CT molecular complexity index is 765. The van der Waals surface area contributed by atoms with Crippen molar-refractivity contribution in [3.05, 3.63) is 47.9 Å². The quantitative estimate of drug-likeness (QED) is 0.929. The second-order valence-electron chi connectivity index (χ2n) is 6.81. The molecule has 25 heavy (non-hydrogen) atoms. The zero-order valence-corrected chi connectivity index (χ0v) is 14.0. The third-order valence-electron chi connectivity index (χ3n) is 5.05. The van der Waals surface area contributed by atoms with Crippen molar-refractivity contribution in [2.75, 3.05) is 11.4 Å². The Balaban J connectivity index is 1.39. The Hall–Kier alpha value is -2.63. The number of nitrogens with one attached hydrogen (secondary N) is 1. The first-order chi connectivity index (χ1) is 12.2. The van der Waals surface area contributed by atoms with Crippen LogP contribution in [-0.2, 0) is 4.79 Å². The van der Waals surface area contributed by atoms with Gasteiger partial charge in [0.2, 0.25) is 11.7 Å². The summed E-state index contributed by atoms with van der Waals surface area (Å²) in [6, 6.07) is 11.0. The largest absolute Gasteiger partial charge is 0.351 e. The van der Waals surface area contributed by atoms with E-state index in [9.17, 15) is 9.59 Å². The normalized spacial score (nSPS) is 21.0. The monoisotopic (exact) mass is 339 g/mol. The Morgan fingerprint density at radius 1 is 1.20 bits per heavy atom. The van der Waals surface area contributed by atoms with Gasteiger partial charge in [0.15, 0.2) is 0 Å². The highest BCUT2D eigenvalue weighted by Gasteiger charge is 2.32. The van der Waals surface area contributed by atoms with Gasteiger partial charge in [0.05, 0.1) is 11.7 Å². The van der Waals surface area contributed by atoms with Crippen LogP contribution in [0.25, 0.3) is 0 Å². The standard InChI is InChI=1S/C19H21N3O3/c23-18-10-14(12-22(18)15-8-2-1-3-9-15)20-19(24)17-11-16(21-25-17)13-6-4-5-7-13/h1-3,8-9,11,13-14H,4-7,10,12H2,(H,20,24)/t14-/m1/s1. The summed E-state index contributed by atoms with van der Waals surface area (Å²) < 4.78 is 5.23. The lowest BCUT2D eigenvalue weighted by Gasteiger charge is -2.16. The van der Waals surface area contributed by atoms with Crippen molar-refractivity contribution in [3.63, 3.8) is 0 Å². The highest BCUT2D eigenvalue weighted by Crippen LogP contribution is 2.33. The van der Waals surface area contributed by atoms with Gasteiger partial charge in [0.25, 0.3) is 5.91 Å².